The van der Waals surface area contributed by atoms with E-state index in [1.54, 1.807) is 0 Å². The van der Waals surface area contributed by atoms with Crippen LogP contribution < -0.4 is 9.47 Å². The summed E-state index contributed by atoms with van der Waals surface area (Å²) in [5, 5.41) is 0.276. The Hall–Kier alpha value is -1.03. The van der Waals surface area contributed by atoms with E-state index in [4.69, 9.17) is 21.1 Å². The van der Waals surface area contributed by atoms with Crippen LogP contribution in [-0.2, 0) is 0 Å². The second-order valence-electron chi connectivity index (χ2n) is 3.06. The highest BCUT2D eigenvalue weighted by atomic mass is 35.5. The Kier molecular flexibility index (Phi) is 5.18. The van der Waals surface area contributed by atoms with Crippen molar-refractivity contribution in [3.05, 3.63) is 11.5 Å². The first-order chi connectivity index (χ1) is 7.29. The number of ether oxygens (including phenoxy) is 2. The van der Waals surface area contributed by atoms with Crippen LogP contribution in [0.3, 0.4) is 0 Å². The molecule has 0 aliphatic rings. The van der Waals surface area contributed by atoms with E-state index in [1.807, 2.05) is 0 Å². The average molecular weight is 231 g/mol. The van der Waals surface area contributed by atoms with E-state index in [1.165, 1.54) is 13.4 Å². The van der Waals surface area contributed by atoms with Gasteiger partial charge in [0, 0.05) is 0 Å². The molecule has 1 aromatic rings. The summed E-state index contributed by atoms with van der Waals surface area (Å²) in [7, 11) is 1.52. The molecule has 0 amide bonds. The molecule has 0 saturated carbocycles. The summed E-state index contributed by atoms with van der Waals surface area (Å²) in [6.45, 7) is 2.76. The molecule has 4 nitrogen and oxygen atoms in total. The van der Waals surface area contributed by atoms with E-state index in [-0.39, 0.29) is 5.15 Å². The van der Waals surface area contributed by atoms with Gasteiger partial charge in [-0.05, 0) is 6.42 Å². The Morgan fingerprint density at radius 1 is 1.33 bits per heavy atom. The summed E-state index contributed by atoms with van der Waals surface area (Å²) in [6.07, 6.45) is 4.66. The SMILES string of the molecule is CCCCCOc1ncnc(Cl)c1OC. The molecule has 0 fully saturated rings. The maximum absolute atomic E-state index is 5.81. The van der Waals surface area contributed by atoms with Crippen LogP contribution in [0.25, 0.3) is 0 Å². The van der Waals surface area contributed by atoms with Gasteiger partial charge >= 0.3 is 0 Å². The molecular formula is C10H15ClN2O2. The van der Waals surface area contributed by atoms with Gasteiger partial charge in [0.15, 0.2) is 5.15 Å². The number of nitrogens with zero attached hydrogens (tertiary/aromatic N) is 2. The lowest BCUT2D eigenvalue weighted by Crippen LogP contribution is -2.02. The lowest BCUT2D eigenvalue weighted by Gasteiger charge is -2.09. The van der Waals surface area contributed by atoms with Crippen molar-refractivity contribution in [1.82, 2.24) is 9.97 Å². The van der Waals surface area contributed by atoms with Crippen LogP contribution in [0.1, 0.15) is 26.2 Å². The largest absolute Gasteiger partial charge is 0.489 e. The number of aromatic nitrogens is 2. The lowest BCUT2D eigenvalue weighted by molar-refractivity contribution is 0.273. The number of unbranched alkanes of at least 4 members (excludes halogenated alkanes) is 2. The Balaban J connectivity index is 2.56. The number of hydrogen-bond donors (Lipinski definition) is 0. The monoisotopic (exact) mass is 230 g/mol. The molecule has 0 bridgehead atoms. The quantitative estimate of drug-likeness (QED) is 0.557. The first kappa shape index (κ1) is 12.0. The fourth-order valence-electron chi connectivity index (χ4n) is 1.13. The van der Waals surface area contributed by atoms with E-state index < -0.39 is 0 Å². The van der Waals surface area contributed by atoms with Crippen LogP contribution in [-0.4, -0.2) is 23.7 Å². The van der Waals surface area contributed by atoms with Crippen LogP contribution in [0.2, 0.25) is 5.15 Å². The standard InChI is InChI=1S/C10H15ClN2O2/c1-3-4-5-6-15-10-8(14-2)9(11)12-7-13-10/h7H,3-6H2,1-2H3. The van der Waals surface area contributed by atoms with Crippen molar-refractivity contribution in [1.29, 1.82) is 0 Å². The molecule has 0 radical (unpaired) electrons. The van der Waals surface area contributed by atoms with Crippen molar-refractivity contribution in [2.24, 2.45) is 0 Å². The van der Waals surface area contributed by atoms with Gasteiger partial charge in [-0.15, -0.1) is 0 Å². The summed E-state index contributed by atoms with van der Waals surface area (Å²) < 4.78 is 10.5. The van der Waals surface area contributed by atoms with Gasteiger partial charge < -0.3 is 9.47 Å². The van der Waals surface area contributed by atoms with E-state index in [9.17, 15) is 0 Å². The van der Waals surface area contributed by atoms with Gasteiger partial charge in [-0.1, -0.05) is 31.4 Å². The average Bonchev–Trinajstić information content (AvgIpc) is 2.24. The van der Waals surface area contributed by atoms with Gasteiger partial charge in [0.1, 0.15) is 6.33 Å². The molecule has 0 spiro atoms. The zero-order valence-electron chi connectivity index (χ0n) is 8.99. The minimum Gasteiger partial charge on any atom is -0.489 e. The van der Waals surface area contributed by atoms with Gasteiger partial charge in [-0.2, -0.15) is 4.98 Å². The number of methoxy groups -OCH3 is 1. The zero-order valence-corrected chi connectivity index (χ0v) is 9.75. The first-order valence-electron chi connectivity index (χ1n) is 4.96. The summed E-state index contributed by atoms with van der Waals surface area (Å²) in [5.41, 5.74) is 0. The van der Waals surface area contributed by atoms with Crippen molar-refractivity contribution in [3.8, 4) is 11.6 Å². The third-order valence-corrected chi connectivity index (χ3v) is 2.19. The van der Waals surface area contributed by atoms with Crippen molar-refractivity contribution >= 4 is 11.6 Å². The number of hydrogen-bond acceptors (Lipinski definition) is 4. The molecule has 1 heterocycles. The fourth-order valence-corrected chi connectivity index (χ4v) is 1.33. The predicted molar refractivity (Wildman–Crippen MR) is 58.6 cm³/mol. The lowest BCUT2D eigenvalue weighted by atomic mass is 10.3. The van der Waals surface area contributed by atoms with Gasteiger partial charge in [-0.3, -0.25) is 0 Å². The van der Waals surface area contributed by atoms with Gasteiger partial charge in [-0.25, -0.2) is 4.98 Å². The second kappa shape index (κ2) is 6.45. The Morgan fingerprint density at radius 3 is 2.80 bits per heavy atom. The first-order valence-corrected chi connectivity index (χ1v) is 5.34. The molecule has 0 N–H and O–H groups in total. The predicted octanol–water partition coefficient (Wildman–Crippen LogP) is 2.71. The van der Waals surface area contributed by atoms with Crippen molar-refractivity contribution < 1.29 is 9.47 Å². The maximum Gasteiger partial charge on any atom is 0.261 e. The summed E-state index contributed by atoms with van der Waals surface area (Å²) >= 11 is 5.81. The summed E-state index contributed by atoms with van der Waals surface area (Å²) in [4.78, 5) is 7.77. The van der Waals surface area contributed by atoms with Crippen LogP contribution in [0.5, 0.6) is 11.6 Å². The molecular weight excluding hydrogens is 216 g/mol. The second-order valence-corrected chi connectivity index (χ2v) is 3.42. The van der Waals surface area contributed by atoms with Crippen LogP contribution in [0.4, 0.5) is 0 Å². The molecule has 15 heavy (non-hydrogen) atoms. The van der Waals surface area contributed by atoms with Gasteiger partial charge in [0.25, 0.3) is 5.88 Å². The Bertz CT molecular complexity index is 307. The van der Waals surface area contributed by atoms with Gasteiger partial charge in [0.2, 0.25) is 5.75 Å². The van der Waals surface area contributed by atoms with E-state index in [0.29, 0.717) is 18.2 Å². The molecule has 5 heteroatoms. The van der Waals surface area contributed by atoms with Crippen LogP contribution in [0.15, 0.2) is 6.33 Å². The third-order valence-electron chi connectivity index (χ3n) is 1.92. The van der Waals surface area contributed by atoms with E-state index in [2.05, 4.69) is 16.9 Å². The summed E-state index contributed by atoms with van der Waals surface area (Å²) in [6, 6.07) is 0. The van der Waals surface area contributed by atoms with Crippen molar-refractivity contribution in [2.45, 2.75) is 26.2 Å². The molecule has 0 aliphatic heterocycles. The van der Waals surface area contributed by atoms with E-state index in [0.717, 1.165) is 19.3 Å². The molecule has 0 aliphatic carbocycles. The highest BCUT2D eigenvalue weighted by molar-refractivity contribution is 6.31. The molecule has 0 unspecified atom stereocenters. The van der Waals surface area contributed by atoms with Crippen LogP contribution >= 0.6 is 11.6 Å². The molecule has 0 atom stereocenters. The third kappa shape index (κ3) is 3.55. The van der Waals surface area contributed by atoms with Crippen molar-refractivity contribution in [3.63, 3.8) is 0 Å². The number of rotatable bonds is 6. The maximum atomic E-state index is 5.81. The minimum absolute atomic E-state index is 0.276. The molecule has 1 rings (SSSR count). The van der Waals surface area contributed by atoms with Crippen molar-refractivity contribution in [2.75, 3.05) is 13.7 Å². The number of halogens is 1. The van der Waals surface area contributed by atoms with Gasteiger partial charge in [0.05, 0.1) is 13.7 Å². The Labute approximate surface area is 94.6 Å². The normalized spacial score (nSPS) is 10.1. The minimum atomic E-state index is 0.276. The molecule has 1 aromatic heterocycles. The van der Waals surface area contributed by atoms with E-state index >= 15 is 0 Å². The zero-order chi connectivity index (χ0) is 11.1. The van der Waals surface area contributed by atoms with Crippen LogP contribution in [0, 0.1) is 0 Å². The molecule has 0 aromatic carbocycles. The highest BCUT2D eigenvalue weighted by Crippen LogP contribution is 2.30. The Morgan fingerprint density at radius 2 is 2.13 bits per heavy atom. The fraction of sp³-hybridized carbons (Fsp3) is 0.600. The summed E-state index contributed by atoms with van der Waals surface area (Å²) in [5.74, 6) is 0.810. The topological polar surface area (TPSA) is 44.2 Å². The molecule has 0 saturated heterocycles. The highest BCUT2D eigenvalue weighted by Gasteiger charge is 2.10. The smallest absolute Gasteiger partial charge is 0.261 e. The molecule has 84 valence electrons.